The first-order valence-electron chi connectivity index (χ1n) is 8.33. The van der Waals surface area contributed by atoms with E-state index >= 15 is 0 Å². The van der Waals surface area contributed by atoms with Crippen LogP contribution in [0.2, 0.25) is 0 Å². The Hall–Kier alpha value is -3.20. The van der Waals surface area contributed by atoms with Crippen molar-refractivity contribution in [2.75, 3.05) is 0 Å². The minimum atomic E-state index is -0.926. The number of rotatable bonds is 3. The number of hydrogen-bond donors (Lipinski definition) is 1. The summed E-state index contributed by atoms with van der Waals surface area (Å²) in [6.45, 7) is 2.13. The van der Waals surface area contributed by atoms with Gasteiger partial charge < -0.3 is 5.11 Å². The van der Waals surface area contributed by atoms with Crippen molar-refractivity contribution in [3.05, 3.63) is 77.9 Å². The van der Waals surface area contributed by atoms with Crippen molar-refractivity contribution in [2.24, 2.45) is 0 Å². The number of nitrogens with zero attached hydrogens (tertiary/aromatic N) is 1. The normalized spacial score (nSPS) is 11.1. The zero-order valence-corrected chi connectivity index (χ0v) is 13.9. The molecule has 4 aromatic rings. The van der Waals surface area contributed by atoms with E-state index in [4.69, 9.17) is 4.98 Å². The highest BCUT2D eigenvalue weighted by Gasteiger charge is 2.15. The van der Waals surface area contributed by atoms with E-state index in [1.807, 2.05) is 54.6 Å². The van der Waals surface area contributed by atoms with Crippen LogP contribution >= 0.6 is 0 Å². The van der Waals surface area contributed by atoms with Gasteiger partial charge in [-0.15, -0.1) is 0 Å². The number of pyridine rings is 1. The van der Waals surface area contributed by atoms with Gasteiger partial charge >= 0.3 is 5.97 Å². The fourth-order valence-corrected chi connectivity index (χ4v) is 3.40. The monoisotopic (exact) mass is 327 g/mol. The van der Waals surface area contributed by atoms with Crippen LogP contribution in [-0.2, 0) is 6.42 Å². The molecule has 0 saturated carbocycles. The number of aromatic nitrogens is 1. The smallest absolute Gasteiger partial charge is 0.337 e. The Labute approximate surface area is 145 Å². The summed E-state index contributed by atoms with van der Waals surface area (Å²) < 4.78 is 0. The van der Waals surface area contributed by atoms with Gasteiger partial charge in [0.25, 0.3) is 0 Å². The first-order chi connectivity index (χ1) is 12.2. The Bertz CT molecular complexity index is 1120. The van der Waals surface area contributed by atoms with Crippen molar-refractivity contribution < 1.29 is 9.90 Å². The van der Waals surface area contributed by atoms with E-state index in [-0.39, 0.29) is 0 Å². The molecule has 4 rings (SSSR count). The Morgan fingerprint density at radius 1 is 0.920 bits per heavy atom. The van der Waals surface area contributed by atoms with E-state index in [2.05, 4.69) is 19.1 Å². The predicted molar refractivity (Wildman–Crippen MR) is 101 cm³/mol. The van der Waals surface area contributed by atoms with E-state index in [0.29, 0.717) is 27.4 Å². The van der Waals surface area contributed by atoms with Crippen LogP contribution < -0.4 is 0 Å². The summed E-state index contributed by atoms with van der Waals surface area (Å²) in [7, 11) is 0. The van der Waals surface area contributed by atoms with Crippen LogP contribution in [0.25, 0.3) is 32.9 Å². The molecule has 0 aliphatic heterocycles. The molecule has 0 unspecified atom stereocenters. The molecule has 1 N–H and O–H groups in total. The van der Waals surface area contributed by atoms with Gasteiger partial charge in [-0.05, 0) is 35.2 Å². The lowest BCUT2D eigenvalue weighted by atomic mass is 9.95. The molecule has 3 heteroatoms. The molecule has 0 bridgehead atoms. The van der Waals surface area contributed by atoms with Gasteiger partial charge in [0, 0.05) is 10.8 Å². The molecule has 0 aliphatic carbocycles. The quantitative estimate of drug-likeness (QED) is 0.518. The molecule has 3 nitrogen and oxygen atoms in total. The number of carboxylic acids is 1. The van der Waals surface area contributed by atoms with E-state index in [1.165, 1.54) is 11.1 Å². The summed E-state index contributed by atoms with van der Waals surface area (Å²) >= 11 is 0. The topological polar surface area (TPSA) is 50.2 Å². The second kappa shape index (κ2) is 6.02. The van der Waals surface area contributed by atoms with Gasteiger partial charge in [0.05, 0.1) is 16.6 Å². The molecule has 0 atom stereocenters. The average Bonchev–Trinajstić information content (AvgIpc) is 2.65. The Morgan fingerprint density at radius 2 is 1.64 bits per heavy atom. The third-order valence-electron chi connectivity index (χ3n) is 4.60. The number of benzene rings is 3. The van der Waals surface area contributed by atoms with Crippen molar-refractivity contribution in [3.63, 3.8) is 0 Å². The van der Waals surface area contributed by atoms with Crippen molar-refractivity contribution >= 4 is 27.8 Å². The number of aromatic carboxylic acids is 1. The fourth-order valence-electron chi connectivity index (χ4n) is 3.40. The van der Waals surface area contributed by atoms with E-state index in [9.17, 15) is 9.90 Å². The molecule has 0 radical (unpaired) electrons. The number of carbonyl (C=O) groups is 1. The zero-order chi connectivity index (χ0) is 17.4. The third-order valence-corrected chi connectivity index (χ3v) is 4.60. The maximum Gasteiger partial charge on any atom is 0.337 e. The lowest BCUT2D eigenvalue weighted by molar-refractivity contribution is 0.0701. The molecule has 0 spiro atoms. The van der Waals surface area contributed by atoms with Gasteiger partial charge in [0.2, 0.25) is 0 Å². The summed E-state index contributed by atoms with van der Waals surface area (Å²) in [6, 6.07) is 21.5. The minimum Gasteiger partial charge on any atom is -0.478 e. The molecule has 0 amide bonds. The summed E-state index contributed by atoms with van der Waals surface area (Å²) in [5, 5.41) is 11.1. The van der Waals surface area contributed by atoms with Gasteiger partial charge in [-0.1, -0.05) is 61.5 Å². The molecule has 0 aliphatic rings. The Balaban J connectivity index is 2.04. The number of hydrogen-bond acceptors (Lipinski definition) is 2. The van der Waals surface area contributed by atoms with Crippen LogP contribution in [0.3, 0.4) is 0 Å². The first kappa shape index (κ1) is 15.3. The van der Waals surface area contributed by atoms with E-state index < -0.39 is 5.97 Å². The molecular formula is C22H17NO2. The van der Waals surface area contributed by atoms with Crippen molar-refractivity contribution in [1.82, 2.24) is 4.98 Å². The maximum atomic E-state index is 11.9. The molecule has 25 heavy (non-hydrogen) atoms. The highest BCUT2D eigenvalue weighted by molar-refractivity contribution is 6.14. The van der Waals surface area contributed by atoms with Gasteiger partial charge in [-0.3, -0.25) is 0 Å². The number of fused-ring (bicyclic) bond motifs is 2. The number of carboxylic acid groups (broad SMARTS) is 1. The SMILES string of the molecule is CCc1ccccc1-c1ccc2c(C(=O)O)c3ccccc3nc2c1. The average molecular weight is 327 g/mol. The highest BCUT2D eigenvalue weighted by Crippen LogP contribution is 2.31. The fraction of sp³-hybridized carbons (Fsp3) is 0.0909. The standard InChI is InChI=1S/C22H17NO2/c1-2-14-7-3-4-8-16(14)15-11-12-18-20(13-15)23-19-10-6-5-9-17(19)21(18)22(24)25/h3-13H,2H2,1H3,(H,24,25). The number of aryl methyl sites for hydroxylation is 1. The molecule has 1 aromatic heterocycles. The molecule has 3 aromatic carbocycles. The van der Waals surface area contributed by atoms with Crippen LogP contribution in [0.4, 0.5) is 0 Å². The Kier molecular flexibility index (Phi) is 3.69. The lowest BCUT2D eigenvalue weighted by Gasteiger charge is -2.11. The first-order valence-corrected chi connectivity index (χ1v) is 8.33. The van der Waals surface area contributed by atoms with Crippen molar-refractivity contribution in [3.8, 4) is 11.1 Å². The van der Waals surface area contributed by atoms with Gasteiger partial charge in [-0.25, -0.2) is 9.78 Å². The van der Waals surface area contributed by atoms with Crippen LogP contribution in [0, 0.1) is 0 Å². The largest absolute Gasteiger partial charge is 0.478 e. The second-order valence-electron chi connectivity index (χ2n) is 6.05. The maximum absolute atomic E-state index is 11.9. The van der Waals surface area contributed by atoms with E-state index in [0.717, 1.165) is 12.0 Å². The van der Waals surface area contributed by atoms with Gasteiger partial charge in [-0.2, -0.15) is 0 Å². The van der Waals surface area contributed by atoms with Crippen LogP contribution in [0.15, 0.2) is 66.7 Å². The molecule has 122 valence electrons. The van der Waals surface area contributed by atoms with Crippen LogP contribution in [0.1, 0.15) is 22.8 Å². The lowest BCUT2D eigenvalue weighted by Crippen LogP contribution is -2.01. The summed E-state index contributed by atoms with van der Waals surface area (Å²) in [6.07, 6.45) is 0.944. The summed E-state index contributed by atoms with van der Waals surface area (Å²) in [5.74, 6) is -0.926. The van der Waals surface area contributed by atoms with E-state index in [1.54, 1.807) is 0 Å². The predicted octanol–water partition coefficient (Wildman–Crippen LogP) is 5.32. The van der Waals surface area contributed by atoms with Crippen molar-refractivity contribution in [1.29, 1.82) is 0 Å². The molecular weight excluding hydrogens is 310 g/mol. The second-order valence-corrected chi connectivity index (χ2v) is 6.05. The Morgan fingerprint density at radius 3 is 2.44 bits per heavy atom. The zero-order valence-electron chi connectivity index (χ0n) is 13.9. The molecule has 0 saturated heterocycles. The van der Waals surface area contributed by atoms with Crippen LogP contribution in [-0.4, -0.2) is 16.1 Å². The highest BCUT2D eigenvalue weighted by atomic mass is 16.4. The molecule has 0 fully saturated rings. The minimum absolute atomic E-state index is 0.316. The van der Waals surface area contributed by atoms with Gasteiger partial charge in [0.1, 0.15) is 0 Å². The molecule has 1 heterocycles. The summed E-state index contributed by atoms with van der Waals surface area (Å²) in [5.41, 5.74) is 5.22. The van der Waals surface area contributed by atoms with Crippen molar-refractivity contribution in [2.45, 2.75) is 13.3 Å². The van der Waals surface area contributed by atoms with Crippen LogP contribution in [0.5, 0.6) is 0 Å². The third kappa shape index (κ3) is 2.54. The van der Waals surface area contributed by atoms with Gasteiger partial charge in [0.15, 0.2) is 0 Å². The number of para-hydroxylation sites is 1. The summed E-state index contributed by atoms with van der Waals surface area (Å²) in [4.78, 5) is 16.6.